The van der Waals surface area contributed by atoms with Crippen LogP contribution in [0.2, 0.25) is 0 Å². The minimum Gasteiger partial charge on any atom is -0.768 e. The van der Waals surface area contributed by atoms with Crippen molar-refractivity contribution in [2.24, 2.45) is 5.92 Å². The smallest absolute Gasteiger partial charge is 0.119 e. The molecule has 4 heteroatoms. The molecule has 0 aliphatic rings. The van der Waals surface area contributed by atoms with Gasteiger partial charge in [0.05, 0.1) is 6.61 Å². The Balaban J connectivity index is 2.52. The molecular formula is C12H17O3S-. The molecule has 0 amide bonds. The van der Waals surface area contributed by atoms with Crippen molar-refractivity contribution in [3.63, 3.8) is 0 Å². The van der Waals surface area contributed by atoms with Crippen molar-refractivity contribution in [1.29, 1.82) is 0 Å². The fourth-order valence-electron chi connectivity index (χ4n) is 1.39. The van der Waals surface area contributed by atoms with Crippen LogP contribution >= 0.6 is 0 Å². The molecule has 0 aromatic heterocycles. The van der Waals surface area contributed by atoms with Gasteiger partial charge in [-0.1, -0.05) is 26.7 Å². The maximum absolute atomic E-state index is 10.6. The summed E-state index contributed by atoms with van der Waals surface area (Å²) < 4.78 is 26.8. The Bertz CT molecular complexity index is 331. The lowest BCUT2D eigenvalue weighted by molar-refractivity contribution is 0.240. The maximum atomic E-state index is 10.6. The van der Waals surface area contributed by atoms with Gasteiger partial charge in [0, 0.05) is 4.90 Å². The fourth-order valence-corrected chi connectivity index (χ4v) is 1.74. The van der Waals surface area contributed by atoms with Crippen LogP contribution in [0.3, 0.4) is 0 Å². The molecule has 1 unspecified atom stereocenters. The molecule has 0 bridgehead atoms. The Morgan fingerprint density at radius 1 is 1.25 bits per heavy atom. The van der Waals surface area contributed by atoms with E-state index in [0.29, 0.717) is 12.5 Å². The van der Waals surface area contributed by atoms with E-state index in [1.165, 1.54) is 0 Å². The lowest BCUT2D eigenvalue weighted by Crippen LogP contribution is -2.09. The van der Waals surface area contributed by atoms with Crippen LogP contribution in [-0.4, -0.2) is 15.4 Å². The molecule has 0 radical (unpaired) electrons. The first-order chi connectivity index (χ1) is 7.67. The van der Waals surface area contributed by atoms with Crippen LogP contribution in [0.15, 0.2) is 29.2 Å². The summed E-state index contributed by atoms with van der Waals surface area (Å²) in [6.07, 6.45) is 2.19. The first-order valence-corrected chi connectivity index (χ1v) is 6.57. The van der Waals surface area contributed by atoms with E-state index in [-0.39, 0.29) is 4.90 Å². The van der Waals surface area contributed by atoms with E-state index in [0.717, 1.165) is 18.6 Å². The van der Waals surface area contributed by atoms with Crippen molar-refractivity contribution >= 4 is 11.1 Å². The van der Waals surface area contributed by atoms with Gasteiger partial charge in [-0.2, -0.15) is 0 Å². The first kappa shape index (κ1) is 13.2. The van der Waals surface area contributed by atoms with Crippen molar-refractivity contribution in [3.8, 4) is 5.75 Å². The monoisotopic (exact) mass is 241 g/mol. The second-order valence-corrected chi connectivity index (χ2v) is 4.64. The fraction of sp³-hybridized carbons (Fsp3) is 0.500. The third kappa shape index (κ3) is 3.94. The van der Waals surface area contributed by atoms with E-state index < -0.39 is 11.1 Å². The highest BCUT2D eigenvalue weighted by molar-refractivity contribution is 7.79. The van der Waals surface area contributed by atoms with Crippen molar-refractivity contribution in [2.75, 3.05) is 6.61 Å². The third-order valence-electron chi connectivity index (χ3n) is 2.66. The van der Waals surface area contributed by atoms with E-state index in [1.54, 1.807) is 24.3 Å². The quantitative estimate of drug-likeness (QED) is 0.719. The van der Waals surface area contributed by atoms with Crippen LogP contribution in [0.5, 0.6) is 5.75 Å². The van der Waals surface area contributed by atoms with Crippen LogP contribution in [0.4, 0.5) is 0 Å². The van der Waals surface area contributed by atoms with E-state index in [2.05, 4.69) is 13.8 Å². The standard InChI is InChI=1S/C12H18O3S/c1-3-10(4-2)9-15-11-5-7-12(8-6-11)16(13)14/h5-8,10H,3-4,9H2,1-2H3,(H,13,14)/p-1. The molecule has 0 heterocycles. The summed E-state index contributed by atoms with van der Waals surface area (Å²) >= 11 is -2.16. The van der Waals surface area contributed by atoms with Gasteiger partial charge in [0.1, 0.15) is 5.75 Å². The first-order valence-electron chi connectivity index (χ1n) is 5.49. The molecule has 0 N–H and O–H groups in total. The minimum absolute atomic E-state index is 0.287. The summed E-state index contributed by atoms with van der Waals surface area (Å²) in [6, 6.07) is 6.47. The second kappa shape index (κ2) is 6.66. The number of hydrogen-bond acceptors (Lipinski definition) is 3. The molecule has 0 aliphatic heterocycles. The second-order valence-electron chi connectivity index (χ2n) is 3.70. The van der Waals surface area contributed by atoms with Crippen LogP contribution in [-0.2, 0) is 11.1 Å². The van der Waals surface area contributed by atoms with Gasteiger partial charge in [0.15, 0.2) is 0 Å². The van der Waals surface area contributed by atoms with Crippen molar-refractivity contribution < 1.29 is 13.5 Å². The van der Waals surface area contributed by atoms with Crippen molar-refractivity contribution in [3.05, 3.63) is 24.3 Å². The highest BCUT2D eigenvalue weighted by Crippen LogP contribution is 2.16. The van der Waals surface area contributed by atoms with Crippen molar-refractivity contribution in [1.82, 2.24) is 0 Å². The molecule has 90 valence electrons. The van der Waals surface area contributed by atoms with Crippen molar-refractivity contribution in [2.45, 2.75) is 31.6 Å². The van der Waals surface area contributed by atoms with Gasteiger partial charge in [0.25, 0.3) is 0 Å². The predicted molar refractivity (Wildman–Crippen MR) is 63.2 cm³/mol. The molecule has 0 saturated heterocycles. The molecular weight excluding hydrogens is 224 g/mol. The molecule has 1 aromatic carbocycles. The largest absolute Gasteiger partial charge is 0.768 e. The Labute approximate surface area is 99.1 Å². The van der Waals surface area contributed by atoms with E-state index in [9.17, 15) is 8.76 Å². The number of rotatable bonds is 6. The summed E-state index contributed by atoms with van der Waals surface area (Å²) in [5.41, 5.74) is 0. The highest BCUT2D eigenvalue weighted by atomic mass is 32.2. The van der Waals surface area contributed by atoms with Gasteiger partial charge < -0.3 is 9.29 Å². The zero-order valence-electron chi connectivity index (χ0n) is 9.64. The Morgan fingerprint density at radius 2 is 1.81 bits per heavy atom. The van der Waals surface area contributed by atoms with Gasteiger partial charge in [-0.3, -0.25) is 4.21 Å². The lowest BCUT2D eigenvalue weighted by atomic mass is 10.1. The normalized spacial score (nSPS) is 12.8. The number of benzene rings is 1. The molecule has 0 spiro atoms. The molecule has 16 heavy (non-hydrogen) atoms. The molecule has 3 nitrogen and oxygen atoms in total. The summed E-state index contributed by atoms with van der Waals surface area (Å²) in [5, 5.41) is 0. The lowest BCUT2D eigenvalue weighted by Gasteiger charge is -2.14. The number of hydrogen-bond donors (Lipinski definition) is 0. The van der Waals surface area contributed by atoms with Crippen LogP contribution in [0.25, 0.3) is 0 Å². The minimum atomic E-state index is -2.16. The average Bonchev–Trinajstić information content (AvgIpc) is 2.31. The SMILES string of the molecule is CCC(CC)COc1ccc(S(=O)[O-])cc1. The summed E-state index contributed by atoms with van der Waals surface area (Å²) in [5.74, 6) is 1.29. The Hall–Kier alpha value is -0.870. The summed E-state index contributed by atoms with van der Waals surface area (Å²) in [7, 11) is 0. The van der Waals surface area contributed by atoms with Gasteiger partial charge in [-0.15, -0.1) is 0 Å². The van der Waals surface area contributed by atoms with Crippen LogP contribution in [0.1, 0.15) is 26.7 Å². The summed E-state index contributed by atoms with van der Waals surface area (Å²) in [4.78, 5) is 0.287. The van der Waals surface area contributed by atoms with Gasteiger partial charge >= 0.3 is 0 Å². The average molecular weight is 241 g/mol. The summed E-state index contributed by atoms with van der Waals surface area (Å²) in [6.45, 7) is 4.97. The zero-order chi connectivity index (χ0) is 12.0. The van der Waals surface area contributed by atoms with Crippen LogP contribution in [0, 0.1) is 5.92 Å². The molecule has 1 atom stereocenters. The maximum Gasteiger partial charge on any atom is 0.119 e. The van der Waals surface area contributed by atoms with Gasteiger partial charge in [-0.05, 0) is 41.3 Å². The topological polar surface area (TPSA) is 49.4 Å². The Kier molecular flexibility index (Phi) is 5.49. The van der Waals surface area contributed by atoms with E-state index in [1.807, 2.05) is 0 Å². The highest BCUT2D eigenvalue weighted by Gasteiger charge is 2.04. The predicted octanol–water partition coefficient (Wildman–Crippen LogP) is 2.74. The van der Waals surface area contributed by atoms with Crippen LogP contribution < -0.4 is 4.74 Å². The Morgan fingerprint density at radius 3 is 2.25 bits per heavy atom. The molecule has 0 aliphatic carbocycles. The van der Waals surface area contributed by atoms with E-state index >= 15 is 0 Å². The zero-order valence-corrected chi connectivity index (χ0v) is 10.5. The molecule has 1 rings (SSSR count). The van der Waals surface area contributed by atoms with Gasteiger partial charge in [-0.25, -0.2) is 0 Å². The molecule has 1 aromatic rings. The number of ether oxygens (including phenoxy) is 1. The third-order valence-corrected chi connectivity index (χ3v) is 3.31. The van der Waals surface area contributed by atoms with Gasteiger partial charge in [0.2, 0.25) is 0 Å². The molecule has 0 saturated carbocycles. The van der Waals surface area contributed by atoms with E-state index in [4.69, 9.17) is 4.74 Å². The molecule has 0 fully saturated rings.